The summed E-state index contributed by atoms with van der Waals surface area (Å²) in [4.78, 5) is 28.5. The molecule has 0 bridgehead atoms. The van der Waals surface area contributed by atoms with Crippen LogP contribution in [0.25, 0.3) is 0 Å². The fourth-order valence-corrected chi connectivity index (χ4v) is 4.62. The van der Waals surface area contributed by atoms with Gasteiger partial charge < -0.3 is 25.7 Å². The largest absolute Gasteiger partial charge is 0.484 e. The number of oxime groups is 1. The Hall–Kier alpha value is -3.88. The molecule has 216 valence electrons. The summed E-state index contributed by atoms with van der Waals surface area (Å²) < 4.78 is 96.9. The Bertz CT molecular complexity index is 1370. The van der Waals surface area contributed by atoms with Crippen LogP contribution in [0.2, 0.25) is 0 Å². The van der Waals surface area contributed by atoms with Crippen molar-refractivity contribution in [2.45, 2.75) is 56.2 Å². The fraction of sp³-hybridized carbons (Fsp3) is 0.440. The maximum Gasteiger partial charge on any atom is 0.417 e. The number of hydrogen-bond acceptors (Lipinski definition) is 7. The predicted octanol–water partition coefficient (Wildman–Crippen LogP) is 4.25. The van der Waals surface area contributed by atoms with Crippen LogP contribution in [-0.4, -0.2) is 57.9 Å². The summed E-state index contributed by atoms with van der Waals surface area (Å²) in [7, 11) is 0. The average molecular weight is 574 g/mol. The van der Waals surface area contributed by atoms with Crippen LogP contribution in [0.1, 0.15) is 48.7 Å². The van der Waals surface area contributed by atoms with E-state index in [0.717, 1.165) is 25.3 Å². The zero-order valence-electron chi connectivity index (χ0n) is 21.1. The number of hydrogen-bond donors (Lipinski definition) is 3. The van der Waals surface area contributed by atoms with E-state index >= 15 is 4.39 Å². The number of amides is 2. The fourth-order valence-electron chi connectivity index (χ4n) is 4.62. The van der Waals surface area contributed by atoms with Crippen LogP contribution in [-0.2, 0) is 9.53 Å². The van der Waals surface area contributed by atoms with Gasteiger partial charge in [0, 0.05) is 29.3 Å². The molecule has 9 nitrogen and oxygen atoms in total. The van der Waals surface area contributed by atoms with Crippen molar-refractivity contribution >= 4 is 23.2 Å². The number of alkyl halides is 4. The molecule has 1 aliphatic carbocycles. The van der Waals surface area contributed by atoms with Gasteiger partial charge in [-0.15, -0.1) is 0 Å². The van der Waals surface area contributed by atoms with Crippen molar-refractivity contribution in [3.63, 3.8) is 0 Å². The summed E-state index contributed by atoms with van der Waals surface area (Å²) in [5, 5.41) is 14.3. The molecule has 0 spiro atoms. The number of pyridine rings is 1. The number of aromatic nitrogens is 1. The lowest BCUT2D eigenvalue weighted by Gasteiger charge is -2.32. The smallest absolute Gasteiger partial charge is 0.417 e. The lowest BCUT2D eigenvalue weighted by Crippen LogP contribution is -2.47. The second kappa shape index (κ2) is 10.3. The van der Waals surface area contributed by atoms with Crippen LogP contribution < -0.4 is 15.8 Å². The van der Waals surface area contributed by atoms with Gasteiger partial charge in [-0.2, -0.15) is 17.6 Å². The van der Waals surface area contributed by atoms with E-state index in [9.17, 15) is 31.5 Å². The molecule has 2 heterocycles. The summed E-state index contributed by atoms with van der Waals surface area (Å²) in [5.74, 6) is -9.09. The lowest BCUT2D eigenvalue weighted by molar-refractivity contribution is -0.272. The molecule has 1 aromatic carbocycles. The topological polar surface area (TPSA) is 136 Å². The number of nitrogens with zero attached hydrogens (tertiary/aromatic N) is 2. The van der Waals surface area contributed by atoms with Crippen molar-refractivity contribution in [1.82, 2.24) is 4.98 Å². The Balaban J connectivity index is 1.75. The molecule has 2 aromatic rings. The minimum absolute atomic E-state index is 0.000396. The molecule has 1 saturated heterocycles. The highest BCUT2D eigenvalue weighted by Gasteiger charge is 2.66. The van der Waals surface area contributed by atoms with Crippen molar-refractivity contribution in [3.05, 3.63) is 53.4 Å². The van der Waals surface area contributed by atoms with E-state index in [1.165, 1.54) is 6.07 Å². The Morgan fingerprint density at radius 3 is 2.52 bits per heavy atom. The minimum Gasteiger partial charge on any atom is -0.484 e. The van der Waals surface area contributed by atoms with E-state index < -0.39 is 76.9 Å². The number of anilines is 1. The summed E-state index contributed by atoms with van der Waals surface area (Å²) in [5.41, 5.74) is -0.928. The number of benzene rings is 1. The van der Waals surface area contributed by atoms with Crippen LogP contribution in [0.4, 0.5) is 32.0 Å². The molecule has 4 rings (SSSR count). The van der Waals surface area contributed by atoms with Crippen molar-refractivity contribution in [2.75, 3.05) is 11.9 Å². The zero-order valence-corrected chi connectivity index (χ0v) is 21.1. The van der Waals surface area contributed by atoms with Gasteiger partial charge in [0.2, 0.25) is 5.82 Å². The summed E-state index contributed by atoms with van der Waals surface area (Å²) in [6.45, 7) is 0.991. The molecule has 0 unspecified atom stereocenters. The number of carbonyl (C=O) groups excluding carboxylic acids is 2. The van der Waals surface area contributed by atoms with E-state index in [1.54, 1.807) is 0 Å². The van der Waals surface area contributed by atoms with E-state index in [-0.39, 0.29) is 29.8 Å². The van der Waals surface area contributed by atoms with Crippen LogP contribution in [0.5, 0.6) is 5.75 Å². The first-order valence-corrected chi connectivity index (χ1v) is 11.9. The lowest BCUT2D eigenvalue weighted by atomic mass is 9.77. The number of nitrogens with two attached hydrogens (primary N) is 1. The van der Waals surface area contributed by atoms with Crippen LogP contribution in [0.15, 0.2) is 35.6 Å². The quantitative estimate of drug-likeness (QED) is 0.187. The number of primary amides is 1. The third kappa shape index (κ3) is 5.17. The zero-order chi connectivity index (χ0) is 29.6. The number of carbonyl (C=O) groups is 2. The van der Waals surface area contributed by atoms with Crippen LogP contribution >= 0.6 is 0 Å². The molecular formula is C25H24F6N4O5. The van der Waals surface area contributed by atoms with Crippen LogP contribution in [0, 0.1) is 17.6 Å². The Kier molecular flexibility index (Phi) is 7.47. The maximum absolute atomic E-state index is 15.0. The first-order chi connectivity index (χ1) is 18.6. The molecule has 2 aliphatic rings. The van der Waals surface area contributed by atoms with Gasteiger partial charge in [-0.05, 0) is 38.0 Å². The number of halogens is 6. The summed E-state index contributed by atoms with van der Waals surface area (Å²) in [6, 6.07) is 3.91. The first-order valence-electron chi connectivity index (χ1n) is 11.9. The number of rotatable bonds is 8. The van der Waals surface area contributed by atoms with Crippen molar-refractivity contribution in [3.8, 4) is 5.75 Å². The van der Waals surface area contributed by atoms with Gasteiger partial charge in [-0.25, -0.2) is 8.78 Å². The Morgan fingerprint density at radius 2 is 1.95 bits per heavy atom. The molecule has 2 amide bonds. The molecule has 1 saturated carbocycles. The van der Waals surface area contributed by atoms with E-state index in [0.29, 0.717) is 13.0 Å². The standard InChI is InChI=1S/C25H24F6N4O5/c1-11-17(13-3-4-14(26)18(27)19(13)39-10-16(35-38)24(28)6-7-24)20(40-23(11,2)25(29,30)31)22(37)34-12-5-8-33-15(9-12)21(32)36/h3-5,8-9,11,17,20,38H,6-7,10H2,1-2H3,(H2,32,36)(H,33,34,37)/b35-16-/t11-,17-,20+,23+/m0/s1. The van der Waals surface area contributed by atoms with Gasteiger partial charge in [0.25, 0.3) is 11.8 Å². The van der Waals surface area contributed by atoms with Gasteiger partial charge in [-0.3, -0.25) is 14.6 Å². The first kappa shape index (κ1) is 29.1. The highest BCUT2D eigenvalue weighted by Crippen LogP contribution is 2.55. The van der Waals surface area contributed by atoms with E-state index in [1.807, 2.05) is 0 Å². The third-order valence-corrected chi connectivity index (χ3v) is 7.33. The van der Waals surface area contributed by atoms with Crippen molar-refractivity contribution < 1.29 is 50.6 Å². The second-order valence-corrected chi connectivity index (χ2v) is 9.82. The Morgan fingerprint density at radius 1 is 1.27 bits per heavy atom. The van der Waals surface area contributed by atoms with Gasteiger partial charge in [0.1, 0.15) is 24.1 Å². The average Bonchev–Trinajstić information content (AvgIpc) is 3.57. The van der Waals surface area contributed by atoms with E-state index in [2.05, 4.69) is 15.5 Å². The van der Waals surface area contributed by atoms with Crippen LogP contribution in [0.3, 0.4) is 0 Å². The molecule has 4 atom stereocenters. The SMILES string of the molecule is C[C@H]1[C@@H](c2ccc(F)c(F)c2OC/C(=N/O)C2(F)CC2)[C@H](C(=O)Nc2ccnc(C(N)=O)c2)O[C@@]1(C)C(F)(F)F. The molecule has 15 heteroatoms. The normalized spacial score (nSPS) is 25.9. The summed E-state index contributed by atoms with van der Waals surface area (Å²) >= 11 is 0. The monoisotopic (exact) mass is 574 g/mol. The van der Waals surface area contributed by atoms with Gasteiger partial charge in [0.05, 0.1) is 0 Å². The molecule has 1 aliphatic heterocycles. The van der Waals surface area contributed by atoms with Crippen molar-refractivity contribution in [2.24, 2.45) is 16.8 Å². The molecule has 4 N–H and O–H groups in total. The van der Waals surface area contributed by atoms with E-state index in [4.69, 9.17) is 20.4 Å². The third-order valence-electron chi connectivity index (χ3n) is 7.33. The molecule has 40 heavy (non-hydrogen) atoms. The summed E-state index contributed by atoms with van der Waals surface area (Å²) in [6.07, 6.45) is -5.80. The number of ether oxygens (including phenoxy) is 2. The highest BCUT2D eigenvalue weighted by molar-refractivity contribution is 5.97. The van der Waals surface area contributed by atoms with Gasteiger partial charge >= 0.3 is 6.18 Å². The van der Waals surface area contributed by atoms with Gasteiger partial charge in [-0.1, -0.05) is 18.1 Å². The molecular weight excluding hydrogens is 550 g/mol. The number of nitrogens with one attached hydrogen (secondary N) is 1. The predicted molar refractivity (Wildman–Crippen MR) is 127 cm³/mol. The van der Waals surface area contributed by atoms with Crippen molar-refractivity contribution in [1.29, 1.82) is 0 Å². The van der Waals surface area contributed by atoms with Gasteiger partial charge in [0.15, 0.2) is 22.8 Å². The molecule has 2 fully saturated rings. The minimum atomic E-state index is -5.00. The highest BCUT2D eigenvalue weighted by atomic mass is 19.4. The Labute approximate surface area is 223 Å². The molecule has 0 radical (unpaired) electrons. The maximum atomic E-state index is 15.0. The second-order valence-electron chi connectivity index (χ2n) is 9.82. The molecule has 1 aromatic heterocycles.